The summed E-state index contributed by atoms with van der Waals surface area (Å²) in [6, 6.07) is 10.3. The Balaban J connectivity index is 2.08. The summed E-state index contributed by atoms with van der Waals surface area (Å²) in [6.07, 6.45) is -13.5. The van der Waals surface area contributed by atoms with Gasteiger partial charge in [0.05, 0.1) is 22.3 Å². The van der Waals surface area contributed by atoms with Gasteiger partial charge in [-0.25, -0.2) is 19.2 Å². The van der Waals surface area contributed by atoms with Crippen LogP contribution in [0, 0.1) is 62.3 Å². The van der Waals surface area contributed by atoms with Crippen molar-refractivity contribution in [1.82, 2.24) is 0 Å². The predicted molar refractivity (Wildman–Crippen MR) is 200 cm³/mol. The maximum atomic E-state index is 14.4. The molecule has 0 aliphatic rings. The number of halogens is 6. The summed E-state index contributed by atoms with van der Waals surface area (Å²) >= 11 is 0. The van der Waals surface area contributed by atoms with E-state index in [1.807, 2.05) is 0 Å². The molecule has 1 N–H and O–H groups in total. The SMILES string of the molecule is Cc1cc(C)c(OC(=O)c2cc(C(=O)Oc3c(C)cc(C)cc3C)c(C(=O)OC(CS(=O)(=O)O)(C(F)(F)F)C(F)(F)F)cc2C(=O)Oc2c(C)cc(C)cc2C)c(C)c1. The molecule has 59 heavy (non-hydrogen) atoms. The summed E-state index contributed by atoms with van der Waals surface area (Å²) in [5.74, 6) is -10.7. The van der Waals surface area contributed by atoms with Gasteiger partial charge in [-0.2, -0.15) is 34.8 Å². The van der Waals surface area contributed by atoms with Gasteiger partial charge in [0.15, 0.2) is 0 Å². The van der Waals surface area contributed by atoms with E-state index in [9.17, 15) is 58.5 Å². The molecule has 0 aromatic heterocycles. The third-order valence-electron chi connectivity index (χ3n) is 9.00. The Morgan fingerprint density at radius 3 is 0.932 bits per heavy atom. The maximum Gasteiger partial charge on any atom is 0.438 e. The van der Waals surface area contributed by atoms with Crippen LogP contribution in [0.5, 0.6) is 17.2 Å². The smallest absolute Gasteiger partial charge is 0.435 e. The van der Waals surface area contributed by atoms with Gasteiger partial charge in [-0.15, -0.1) is 0 Å². The second kappa shape index (κ2) is 16.5. The first kappa shape index (κ1) is 45.9. The number of carbonyl (C=O) groups excluding carboxylic acids is 4. The second-order valence-electron chi connectivity index (χ2n) is 14.2. The van der Waals surface area contributed by atoms with Gasteiger partial charge in [-0.05, 0) is 108 Å². The molecule has 0 amide bonds. The van der Waals surface area contributed by atoms with E-state index in [2.05, 4.69) is 4.74 Å². The molecule has 0 saturated heterocycles. The highest BCUT2D eigenvalue weighted by molar-refractivity contribution is 7.85. The number of hydrogen-bond donors (Lipinski definition) is 1. The molecule has 0 fully saturated rings. The van der Waals surface area contributed by atoms with Crippen molar-refractivity contribution in [3.05, 3.63) is 121 Å². The topological polar surface area (TPSA) is 160 Å². The van der Waals surface area contributed by atoms with Crippen LogP contribution in [-0.4, -0.2) is 60.6 Å². The predicted octanol–water partition coefficient (Wildman–Crippen LogP) is 9.03. The van der Waals surface area contributed by atoms with E-state index in [-0.39, 0.29) is 23.3 Å². The van der Waals surface area contributed by atoms with Crippen molar-refractivity contribution in [1.29, 1.82) is 0 Å². The first-order valence-electron chi connectivity index (χ1n) is 17.4. The molecule has 0 radical (unpaired) electrons. The van der Waals surface area contributed by atoms with Gasteiger partial charge >= 0.3 is 41.8 Å². The number of benzene rings is 4. The Hall–Kier alpha value is -5.75. The molecular weight excluding hydrogens is 814 g/mol. The third kappa shape index (κ3) is 9.93. The Morgan fingerprint density at radius 1 is 0.475 bits per heavy atom. The molecule has 11 nitrogen and oxygen atoms in total. The molecular formula is C41H38F6O11S. The standard InChI is InChI=1S/C41H38F6O11S/c1-19-10-22(4)32(23(5)11-19)55-35(48)28-16-30(37(50)57-34-26(8)14-21(3)15-27(34)9)31(17-29(28)36(49)56-33-24(6)12-20(2)13-25(33)7)38(51)58-39(40(42,43)44,41(45,46)47)18-59(52,53)54/h10-17H,18H2,1-9H3,(H,52,53,54). The number of alkyl halides is 6. The van der Waals surface area contributed by atoms with E-state index < -0.39 is 80.0 Å². The van der Waals surface area contributed by atoms with Crippen molar-refractivity contribution in [2.45, 2.75) is 80.3 Å². The second-order valence-corrected chi connectivity index (χ2v) is 15.7. The highest BCUT2D eigenvalue weighted by Gasteiger charge is 2.76. The third-order valence-corrected chi connectivity index (χ3v) is 9.78. The molecule has 0 saturated carbocycles. The van der Waals surface area contributed by atoms with Crippen LogP contribution >= 0.6 is 0 Å². The van der Waals surface area contributed by atoms with E-state index in [1.165, 1.54) is 13.8 Å². The number of ether oxygens (including phenoxy) is 4. The van der Waals surface area contributed by atoms with Gasteiger partial charge in [-0.3, -0.25) is 4.55 Å². The zero-order chi connectivity index (χ0) is 44.7. The van der Waals surface area contributed by atoms with Crippen molar-refractivity contribution in [3.8, 4) is 17.2 Å². The van der Waals surface area contributed by atoms with E-state index in [0.717, 1.165) is 11.1 Å². The maximum absolute atomic E-state index is 14.4. The minimum absolute atomic E-state index is 0.0194. The monoisotopic (exact) mass is 852 g/mol. The van der Waals surface area contributed by atoms with Gasteiger partial charge in [0, 0.05) is 0 Å². The largest absolute Gasteiger partial charge is 0.438 e. The molecule has 316 valence electrons. The average Bonchev–Trinajstić information content (AvgIpc) is 3.06. The summed E-state index contributed by atoms with van der Waals surface area (Å²) in [4.78, 5) is 55.9. The number of rotatable bonds is 10. The number of esters is 4. The van der Waals surface area contributed by atoms with Crippen LogP contribution in [0.4, 0.5) is 26.3 Å². The Labute approximate surface area is 335 Å². The van der Waals surface area contributed by atoms with E-state index in [1.54, 1.807) is 84.9 Å². The fourth-order valence-electron chi connectivity index (χ4n) is 6.64. The van der Waals surface area contributed by atoms with Crippen LogP contribution < -0.4 is 14.2 Å². The fourth-order valence-corrected chi connectivity index (χ4v) is 7.54. The van der Waals surface area contributed by atoms with Gasteiger partial charge in [0.1, 0.15) is 23.0 Å². The molecule has 18 heteroatoms. The zero-order valence-electron chi connectivity index (χ0n) is 33.0. The van der Waals surface area contributed by atoms with Crippen LogP contribution in [0.25, 0.3) is 0 Å². The minimum Gasteiger partial charge on any atom is -0.435 e. The molecule has 0 heterocycles. The summed E-state index contributed by atoms with van der Waals surface area (Å²) in [6.45, 7) is 14.4. The lowest BCUT2D eigenvalue weighted by Gasteiger charge is -2.35. The highest BCUT2D eigenvalue weighted by Crippen LogP contribution is 2.47. The molecule has 0 atom stereocenters. The Kier molecular flexibility index (Phi) is 12.8. The first-order valence-corrected chi connectivity index (χ1v) is 19.0. The molecule has 0 bridgehead atoms. The van der Waals surface area contributed by atoms with Crippen LogP contribution in [0.15, 0.2) is 48.5 Å². The van der Waals surface area contributed by atoms with Crippen molar-refractivity contribution in [3.63, 3.8) is 0 Å². The number of carbonyl (C=O) groups is 4. The normalized spacial score (nSPS) is 12.2. The number of aryl methyl sites for hydroxylation is 9. The van der Waals surface area contributed by atoms with Crippen molar-refractivity contribution in [2.24, 2.45) is 0 Å². The lowest BCUT2D eigenvalue weighted by Crippen LogP contribution is -2.63. The van der Waals surface area contributed by atoms with Crippen molar-refractivity contribution >= 4 is 34.0 Å². The lowest BCUT2D eigenvalue weighted by molar-refractivity contribution is -0.356. The van der Waals surface area contributed by atoms with Crippen molar-refractivity contribution in [2.75, 3.05) is 5.75 Å². The Morgan fingerprint density at radius 2 is 0.712 bits per heavy atom. The average molecular weight is 853 g/mol. The van der Waals surface area contributed by atoms with Crippen LogP contribution in [0.2, 0.25) is 0 Å². The summed E-state index contributed by atoms with van der Waals surface area (Å²) in [5.41, 5.74) is -6.13. The molecule has 4 rings (SSSR count). The minimum atomic E-state index is -6.76. The summed E-state index contributed by atoms with van der Waals surface area (Å²) in [5, 5.41) is 0. The van der Waals surface area contributed by atoms with Crippen molar-refractivity contribution < 1.29 is 77.4 Å². The van der Waals surface area contributed by atoms with E-state index >= 15 is 0 Å². The van der Waals surface area contributed by atoms with E-state index in [4.69, 9.17) is 14.2 Å². The summed E-state index contributed by atoms with van der Waals surface area (Å²) < 4.78 is 139. The van der Waals surface area contributed by atoms with Gasteiger partial charge in [0.2, 0.25) is 0 Å². The quantitative estimate of drug-likeness (QED) is 0.0702. The molecule has 0 aliphatic carbocycles. The van der Waals surface area contributed by atoms with Gasteiger partial charge in [-0.1, -0.05) is 53.1 Å². The number of hydrogen-bond acceptors (Lipinski definition) is 10. The first-order chi connectivity index (χ1) is 27.0. The lowest BCUT2D eigenvalue weighted by atomic mass is 9.97. The molecule has 0 spiro atoms. The van der Waals surface area contributed by atoms with Gasteiger partial charge in [0.25, 0.3) is 10.1 Å². The van der Waals surface area contributed by atoms with E-state index in [0.29, 0.717) is 45.0 Å². The van der Waals surface area contributed by atoms with Crippen LogP contribution in [-0.2, 0) is 14.9 Å². The molecule has 4 aromatic carbocycles. The highest BCUT2D eigenvalue weighted by atomic mass is 32.2. The van der Waals surface area contributed by atoms with Crippen LogP contribution in [0.3, 0.4) is 0 Å². The fraction of sp³-hybridized carbons (Fsp3) is 0.317. The summed E-state index contributed by atoms with van der Waals surface area (Å²) in [7, 11) is -6.23. The Bertz CT molecular complexity index is 2420. The van der Waals surface area contributed by atoms with Gasteiger partial charge < -0.3 is 18.9 Å². The van der Waals surface area contributed by atoms with Crippen LogP contribution in [0.1, 0.15) is 91.5 Å². The molecule has 0 aliphatic heterocycles. The molecule has 0 unspecified atom stereocenters. The molecule has 4 aromatic rings. The zero-order valence-corrected chi connectivity index (χ0v) is 33.8.